The first-order valence-corrected chi connectivity index (χ1v) is 7.55. The fraction of sp³-hybridized carbons (Fsp3) is 0.733. The maximum absolute atomic E-state index is 12.6. The van der Waals surface area contributed by atoms with Crippen LogP contribution in [0.15, 0.2) is 6.20 Å². The molecular formula is C15H26N4O. The summed E-state index contributed by atoms with van der Waals surface area (Å²) >= 11 is 0. The second kappa shape index (κ2) is 6.39. The normalized spacial score (nSPS) is 17.9. The third-order valence-electron chi connectivity index (χ3n) is 4.55. The number of amides is 1. The minimum absolute atomic E-state index is 0.171. The lowest BCUT2D eigenvalue weighted by Gasteiger charge is -2.36. The quantitative estimate of drug-likeness (QED) is 0.858. The van der Waals surface area contributed by atoms with Gasteiger partial charge in [-0.05, 0) is 39.3 Å². The summed E-state index contributed by atoms with van der Waals surface area (Å²) in [4.78, 5) is 12.6. The van der Waals surface area contributed by atoms with Gasteiger partial charge in [-0.2, -0.15) is 5.10 Å². The van der Waals surface area contributed by atoms with E-state index in [0.717, 1.165) is 50.0 Å². The zero-order valence-electron chi connectivity index (χ0n) is 12.8. The lowest BCUT2D eigenvalue weighted by molar-refractivity contribution is -0.133. The van der Waals surface area contributed by atoms with Crippen molar-refractivity contribution >= 4 is 5.91 Å². The summed E-state index contributed by atoms with van der Waals surface area (Å²) in [5, 5.41) is 10.7. The highest BCUT2D eigenvalue weighted by atomic mass is 16.2. The number of nitrogens with one attached hydrogen (secondary N) is 2. The van der Waals surface area contributed by atoms with Crippen LogP contribution in [0.5, 0.6) is 0 Å². The lowest BCUT2D eigenvalue weighted by atomic mass is 9.74. The molecule has 5 nitrogen and oxygen atoms in total. The molecule has 2 N–H and O–H groups in total. The second-order valence-electron chi connectivity index (χ2n) is 5.84. The average molecular weight is 278 g/mol. The summed E-state index contributed by atoms with van der Waals surface area (Å²) in [5.74, 6) is 0.212. The van der Waals surface area contributed by atoms with E-state index in [2.05, 4.69) is 22.7 Å². The third-order valence-corrected chi connectivity index (χ3v) is 4.55. The predicted molar refractivity (Wildman–Crippen MR) is 79.2 cm³/mol. The lowest BCUT2D eigenvalue weighted by Crippen LogP contribution is -2.47. The molecule has 1 aromatic heterocycles. The van der Waals surface area contributed by atoms with E-state index in [-0.39, 0.29) is 11.3 Å². The van der Waals surface area contributed by atoms with Gasteiger partial charge in [-0.1, -0.05) is 13.3 Å². The molecule has 0 radical (unpaired) electrons. The number of aryl methyl sites for hydroxylation is 1. The Morgan fingerprint density at radius 3 is 2.75 bits per heavy atom. The Morgan fingerprint density at radius 1 is 1.50 bits per heavy atom. The van der Waals surface area contributed by atoms with Gasteiger partial charge in [0.1, 0.15) is 0 Å². The van der Waals surface area contributed by atoms with Gasteiger partial charge in [0.2, 0.25) is 5.91 Å². The number of nitrogens with zero attached hydrogens (tertiary/aromatic N) is 2. The standard InChI is InChI=1S/C15H26N4O/c1-4-5-15(6-8-16-9-7-15)14(20)17-10-13-11-18-19(3)12(13)2/h11,16H,4-10H2,1-3H3,(H,17,20). The molecule has 1 aliphatic rings. The summed E-state index contributed by atoms with van der Waals surface area (Å²) in [7, 11) is 1.92. The van der Waals surface area contributed by atoms with Crippen LogP contribution in [0.4, 0.5) is 0 Å². The molecule has 0 bridgehead atoms. The fourth-order valence-electron chi connectivity index (χ4n) is 3.06. The predicted octanol–water partition coefficient (Wildman–Crippen LogP) is 1.51. The molecule has 0 aromatic carbocycles. The highest BCUT2D eigenvalue weighted by Crippen LogP contribution is 2.34. The Balaban J connectivity index is 2.00. The van der Waals surface area contributed by atoms with E-state index in [1.54, 1.807) is 0 Å². The zero-order valence-corrected chi connectivity index (χ0v) is 12.8. The number of carbonyl (C=O) groups excluding carboxylic acids is 1. The van der Waals surface area contributed by atoms with Gasteiger partial charge in [0.25, 0.3) is 0 Å². The Kier molecular flexibility index (Phi) is 4.81. The van der Waals surface area contributed by atoms with E-state index < -0.39 is 0 Å². The largest absolute Gasteiger partial charge is 0.351 e. The van der Waals surface area contributed by atoms with Crippen molar-refractivity contribution in [1.82, 2.24) is 20.4 Å². The van der Waals surface area contributed by atoms with Gasteiger partial charge >= 0.3 is 0 Å². The van der Waals surface area contributed by atoms with Crippen LogP contribution in [-0.2, 0) is 18.4 Å². The van der Waals surface area contributed by atoms with Gasteiger partial charge in [-0.15, -0.1) is 0 Å². The van der Waals surface area contributed by atoms with Gasteiger partial charge in [-0.25, -0.2) is 0 Å². The Hall–Kier alpha value is -1.36. The van der Waals surface area contributed by atoms with Crippen molar-refractivity contribution in [3.05, 3.63) is 17.5 Å². The molecule has 112 valence electrons. The zero-order chi connectivity index (χ0) is 14.6. The van der Waals surface area contributed by atoms with Crippen LogP contribution >= 0.6 is 0 Å². The van der Waals surface area contributed by atoms with Crippen LogP contribution in [0.25, 0.3) is 0 Å². The van der Waals surface area contributed by atoms with Crippen LogP contribution < -0.4 is 10.6 Å². The van der Waals surface area contributed by atoms with Gasteiger partial charge in [0.05, 0.1) is 11.6 Å². The highest BCUT2D eigenvalue weighted by Gasteiger charge is 2.38. The summed E-state index contributed by atoms with van der Waals surface area (Å²) in [6, 6.07) is 0. The molecule has 1 amide bonds. The molecule has 2 rings (SSSR count). The average Bonchev–Trinajstić information content (AvgIpc) is 2.77. The third kappa shape index (κ3) is 3.03. The number of aromatic nitrogens is 2. The van der Waals surface area contributed by atoms with Crippen molar-refractivity contribution < 1.29 is 4.79 Å². The molecule has 5 heteroatoms. The van der Waals surface area contributed by atoms with Gasteiger partial charge in [0, 0.05) is 24.8 Å². The van der Waals surface area contributed by atoms with E-state index in [0.29, 0.717) is 6.54 Å². The van der Waals surface area contributed by atoms with Crippen LogP contribution in [0, 0.1) is 12.3 Å². The first-order chi connectivity index (χ1) is 9.59. The van der Waals surface area contributed by atoms with Crippen LogP contribution in [0.1, 0.15) is 43.9 Å². The Bertz CT molecular complexity index is 455. The van der Waals surface area contributed by atoms with E-state index >= 15 is 0 Å². The molecule has 0 aliphatic carbocycles. The summed E-state index contributed by atoms with van der Waals surface area (Å²) < 4.78 is 1.84. The smallest absolute Gasteiger partial charge is 0.226 e. The maximum atomic E-state index is 12.6. The highest BCUT2D eigenvalue weighted by molar-refractivity contribution is 5.82. The van der Waals surface area contributed by atoms with Crippen molar-refractivity contribution in [2.24, 2.45) is 12.5 Å². The monoisotopic (exact) mass is 278 g/mol. The summed E-state index contributed by atoms with van der Waals surface area (Å²) in [5.41, 5.74) is 2.04. The number of piperidine rings is 1. The molecule has 0 atom stereocenters. The molecule has 0 unspecified atom stereocenters. The van der Waals surface area contributed by atoms with E-state index in [4.69, 9.17) is 0 Å². The number of rotatable bonds is 5. The van der Waals surface area contributed by atoms with E-state index in [1.165, 1.54) is 0 Å². The van der Waals surface area contributed by atoms with E-state index in [9.17, 15) is 4.79 Å². The Labute approximate surface area is 121 Å². The van der Waals surface area contributed by atoms with Gasteiger partial charge in [-0.3, -0.25) is 9.48 Å². The Morgan fingerprint density at radius 2 is 2.20 bits per heavy atom. The van der Waals surface area contributed by atoms with Crippen molar-refractivity contribution in [3.63, 3.8) is 0 Å². The minimum Gasteiger partial charge on any atom is -0.351 e. The second-order valence-corrected chi connectivity index (χ2v) is 5.84. The van der Waals surface area contributed by atoms with Gasteiger partial charge < -0.3 is 10.6 Å². The SMILES string of the molecule is CCCC1(C(=O)NCc2cnn(C)c2C)CCNCC1. The minimum atomic E-state index is -0.171. The molecule has 2 heterocycles. The molecule has 1 aliphatic heterocycles. The first-order valence-electron chi connectivity index (χ1n) is 7.55. The molecule has 1 saturated heterocycles. The van der Waals surface area contributed by atoms with Crippen molar-refractivity contribution in [2.45, 2.75) is 46.1 Å². The summed E-state index contributed by atoms with van der Waals surface area (Å²) in [6.45, 7) is 6.65. The molecule has 1 fully saturated rings. The maximum Gasteiger partial charge on any atom is 0.226 e. The van der Waals surface area contributed by atoms with Crippen molar-refractivity contribution in [1.29, 1.82) is 0 Å². The molecule has 1 aromatic rings. The van der Waals surface area contributed by atoms with Crippen molar-refractivity contribution in [3.8, 4) is 0 Å². The van der Waals surface area contributed by atoms with Crippen LogP contribution in [0.2, 0.25) is 0 Å². The first kappa shape index (κ1) is 15.0. The number of hydrogen-bond acceptors (Lipinski definition) is 3. The number of hydrogen-bond donors (Lipinski definition) is 2. The number of carbonyl (C=O) groups is 1. The van der Waals surface area contributed by atoms with Crippen molar-refractivity contribution in [2.75, 3.05) is 13.1 Å². The van der Waals surface area contributed by atoms with Crippen LogP contribution in [-0.4, -0.2) is 28.8 Å². The fourth-order valence-corrected chi connectivity index (χ4v) is 3.06. The molecule has 0 spiro atoms. The molecular weight excluding hydrogens is 252 g/mol. The van der Waals surface area contributed by atoms with E-state index in [1.807, 2.05) is 24.9 Å². The molecule has 0 saturated carbocycles. The molecule has 20 heavy (non-hydrogen) atoms. The van der Waals surface area contributed by atoms with Gasteiger partial charge in [0.15, 0.2) is 0 Å². The van der Waals surface area contributed by atoms with Crippen LogP contribution in [0.3, 0.4) is 0 Å². The summed E-state index contributed by atoms with van der Waals surface area (Å²) in [6.07, 6.45) is 5.76. The topological polar surface area (TPSA) is 59.0 Å².